The molecule has 2 atom stereocenters. The molecule has 2 aliphatic heterocycles. The smallest absolute Gasteiger partial charge is 0.246 e. The first-order valence-electron chi connectivity index (χ1n) is 11.5. The van der Waals surface area contributed by atoms with Crippen molar-refractivity contribution in [2.45, 2.75) is 25.0 Å². The number of aromatic amines is 1. The van der Waals surface area contributed by atoms with E-state index in [2.05, 4.69) is 11.1 Å². The predicted molar refractivity (Wildman–Crippen MR) is 134 cm³/mol. The number of benzene rings is 2. The molecule has 0 saturated carbocycles. The molecule has 2 amide bonds. The van der Waals surface area contributed by atoms with Gasteiger partial charge >= 0.3 is 0 Å². The van der Waals surface area contributed by atoms with Crippen molar-refractivity contribution >= 4 is 34.1 Å². The second-order valence-electron chi connectivity index (χ2n) is 8.87. The van der Waals surface area contributed by atoms with Gasteiger partial charge in [0, 0.05) is 33.5 Å². The van der Waals surface area contributed by atoms with Gasteiger partial charge in [0.25, 0.3) is 0 Å². The number of thiophene rings is 1. The van der Waals surface area contributed by atoms with Gasteiger partial charge in [-0.2, -0.15) is 0 Å². The molecule has 4 aromatic rings. The molecule has 0 bridgehead atoms. The second kappa shape index (κ2) is 8.46. The van der Waals surface area contributed by atoms with Gasteiger partial charge in [-0.05, 0) is 41.3 Å². The largest absolute Gasteiger partial charge is 0.497 e. The van der Waals surface area contributed by atoms with Crippen LogP contribution in [0.4, 0.5) is 0 Å². The van der Waals surface area contributed by atoms with Gasteiger partial charge < -0.3 is 24.3 Å². The second-order valence-corrected chi connectivity index (χ2v) is 9.90. The summed E-state index contributed by atoms with van der Waals surface area (Å²) in [6, 6.07) is 16.5. The van der Waals surface area contributed by atoms with Crippen LogP contribution in [0.1, 0.15) is 27.7 Å². The van der Waals surface area contributed by atoms with Crippen molar-refractivity contribution in [3.8, 4) is 11.5 Å². The fraction of sp³-hybridized carbons (Fsp3) is 0.259. The SMILES string of the molecule is COc1ccc(OC)c([C@H]2c3[nH]c4ccccc4c3C[C@H]3C(=O)N(Cc4cccs4)CC(=O)N23)c1. The van der Waals surface area contributed by atoms with E-state index in [0.717, 1.165) is 32.6 Å². The minimum absolute atomic E-state index is 0.0270. The topological polar surface area (TPSA) is 74.9 Å². The molecule has 6 rings (SSSR count). The number of hydrogen-bond acceptors (Lipinski definition) is 5. The van der Waals surface area contributed by atoms with Gasteiger partial charge in [0.1, 0.15) is 30.1 Å². The minimum Gasteiger partial charge on any atom is -0.497 e. The highest BCUT2D eigenvalue weighted by Gasteiger charge is 2.49. The summed E-state index contributed by atoms with van der Waals surface area (Å²) in [5.41, 5.74) is 3.76. The lowest BCUT2D eigenvalue weighted by Gasteiger charge is -2.47. The first-order valence-corrected chi connectivity index (χ1v) is 12.4. The molecule has 0 unspecified atom stereocenters. The van der Waals surface area contributed by atoms with E-state index in [1.54, 1.807) is 35.4 Å². The van der Waals surface area contributed by atoms with Crippen LogP contribution in [0.25, 0.3) is 10.9 Å². The van der Waals surface area contributed by atoms with Crippen molar-refractivity contribution in [1.29, 1.82) is 0 Å². The van der Waals surface area contributed by atoms with Crippen LogP contribution in [0.3, 0.4) is 0 Å². The lowest BCUT2D eigenvalue weighted by Crippen LogP contribution is -2.62. The summed E-state index contributed by atoms with van der Waals surface area (Å²) >= 11 is 1.59. The molecule has 0 aliphatic carbocycles. The average molecular weight is 488 g/mol. The Morgan fingerprint density at radius 2 is 1.91 bits per heavy atom. The lowest BCUT2D eigenvalue weighted by molar-refractivity contribution is -0.159. The number of aromatic nitrogens is 1. The Labute approximate surface area is 206 Å². The minimum atomic E-state index is -0.594. The molecule has 35 heavy (non-hydrogen) atoms. The van der Waals surface area contributed by atoms with Gasteiger partial charge in [-0.25, -0.2) is 0 Å². The van der Waals surface area contributed by atoms with Crippen molar-refractivity contribution in [3.63, 3.8) is 0 Å². The Bertz CT molecular complexity index is 1430. The third-order valence-corrected chi connectivity index (χ3v) is 7.86. The Balaban J connectivity index is 1.52. The Kier molecular flexibility index (Phi) is 5.25. The van der Waals surface area contributed by atoms with Gasteiger partial charge in [-0.1, -0.05) is 24.3 Å². The summed E-state index contributed by atoms with van der Waals surface area (Å²) in [4.78, 5) is 35.6. The number of methoxy groups -OCH3 is 2. The highest BCUT2D eigenvalue weighted by atomic mass is 32.1. The maximum Gasteiger partial charge on any atom is 0.246 e. The zero-order valence-corrected chi connectivity index (χ0v) is 20.3. The number of H-pyrrole nitrogens is 1. The van der Waals surface area contributed by atoms with E-state index in [9.17, 15) is 9.59 Å². The standard InChI is InChI=1S/C27H25N3O4S/c1-33-16-9-10-23(34-2)20(12-16)26-25-19(18-7-3-4-8-21(18)28-25)13-22-27(32)29(15-24(31)30(22)26)14-17-6-5-11-35-17/h3-12,22,26,28H,13-15H2,1-2H3/t22-,26-/m0/s1. The van der Waals surface area contributed by atoms with Crippen molar-refractivity contribution < 1.29 is 19.1 Å². The molecule has 4 heterocycles. The molecular weight excluding hydrogens is 462 g/mol. The number of para-hydroxylation sites is 1. The van der Waals surface area contributed by atoms with E-state index in [1.807, 2.05) is 53.9 Å². The predicted octanol–water partition coefficient (Wildman–Crippen LogP) is 4.13. The molecule has 2 aliphatic rings. The van der Waals surface area contributed by atoms with Gasteiger partial charge in [-0.15, -0.1) is 11.3 Å². The summed E-state index contributed by atoms with van der Waals surface area (Å²) in [5, 5.41) is 3.06. The Hall–Kier alpha value is -3.78. The van der Waals surface area contributed by atoms with Gasteiger partial charge in [0.15, 0.2) is 0 Å². The van der Waals surface area contributed by atoms with Crippen LogP contribution in [0.2, 0.25) is 0 Å². The van der Waals surface area contributed by atoms with Crippen LogP contribution in [0.15, 0.2) is 60.0 Å². The highest BCUT2D eigenvalue weighted by Crippen LogP contribution is 2.45. The van der Waals surface area contributed by atoms with Gasteiger partial charge in [0.2, 0.25) is 11.8 Å². The van der Waals surface area contributed by atoms with E-state index in [1.165, 1.54) is 0 Å². The number of ether oxygens (including phenoxy) is 2. The molecule has 0 spiro atoms. The molecule has 1 saturated heterocycles. The van der Waals surface area contributed by atoms with Crippen LogP contribution in [-0.2, 0) is 22.6 Å². The van der Waals surface area contributed by atoms with Crippen LogP contribution >= 0.6 is 11.3 Å². The zero-order chi connectivity index (χ0) is 24.1. The summed E-state index contributed by atoms with van der Waals surface area (Å²) < 4.78 is 11.2. The summed E-state index contributed by atoms with van der Waals surface area (Å²) in [6.45, 7) is 0.492. The van der Waals surface area contributed by atoms with E-state index in [0.29, 0.717) is 24.5 Å². The zero-order valence-electron chi connectivity index (χ0n) is 19.5. The van der Waals surface area contributed by atoms with Crippen LogP contribution in [0.5, 0.6) is 11.5 Å². The summed E-state index contributed by atoms with van der Waals surface area (Å²) in [7, 11) is 3.23. The van der Waals surface area contributed by atoms with Crippen LogP contribution < -0.4 is 9.47 Å². The molecule has 8 heteroatoms. The number of fused-ring (bicyclic) bond motifs is 4. The van der Waals surface area contributed by atoms with Crippen molar-refractivity contribution in [2.75, 3.05) is 20.8 Å². The molecule has 0 radical (unpaired) electrons. The number of rotatable bonds is 5. The van der Waals surface area contributed by atoms with E-state index in [4.69, 9.17) is 9.47 Å². The fourth-order valence-electron chi connectivity index (χ4n) is 5.43. The maximum atomic E-state index is 13.8. The molecule has 178 valence electrons. The van der Waals surface area contributed by atoms with E-state index >= 15 is 0 Å². The van der Waals surface area contributed by atoms with Crippen molar-refractivity contribution in [2.24, 2.45) is 0 Å². The summed E-state index contributed by atoms with van der Waals surface area (Å²) in [6.07, 6.45) is 0.466. The lowest BCUT2D eigenvalue weighted by atomic mass is 9.85. The molecule has 1 fully saturated rings. The third-order valence-electron chi connectivity index (χ3n) is 7.00. The molecular formula is C27H25N3O4S. The number of nitrogens with one attached hydrogen (secondary N) is 1. The van der Waals surface area contributed by atoms with Crippen molar-refractivity contribution in [1.82, 2.24) is 14.8 Å². The van der Waals surface area contributed by atoms with Gasteiger partial charge in [0.05, 0.1) is 20.8 Å². The first-order chi connectivity index (χ1) is 17.1. The van der Waals surface area contributed by atoms with E-state index in [-0.39, 0.29) is 18.4 Å². The first kappa shape index (κ1) is 21.7. The van der Waals surface area contributed by atoms with Crippen molar-refractivity contribution in [3.05, 3.63) is 81.7 Å². The van der Waals surface area contributed by atoms with Gasteiger partial charge in [-0.3, -0.25) is 9.59 Å². The summed E-state index contributed by atoms with van der Waals surface area (Å²) in [5.74, 6) is 1.20. The molecule has 2 aromatic heterocycles. The monoisotopic (exact) mass is 487 g/mol. The van der Waals surface area contributed by atoms with E-state index < -0.39 is 12.1 Å². The fourth-order valence-corrected chi connectivity index (χ4v) is 6.14. The third kappa shape index (κ3) is 3.47. The number of hydrogen-bond donors (Lipinski definition) is 1. The normalized spacial score (nSPS) is 19.6. The van der Waals surface area contributed by atoms with Crippen LogP contribution in [0, 0.1) is 0 Å². The number of nitrogens with zero attached hydrogens (tertiary/aromatic N) is 2. The maximum absolute atomic E-state index is 13.8. The molecule has 2 aromatic carbocycles. The van der Waals surface area contributed by atoms with Crippen LogP contribution in [-0.4, -0.2) is 53.4 Å². The average Bonchev–Trinajstić information content (AvgIpc) is 3.53. The number of amides is 2. The Morgan fingerprint density at radius 3 is 2.69 bits per heavy atom. The molecule has 7 nitrogen and oxygen atoms in total. The number of carbonyl (C=O) groups is 2. The highest BCUT2D eigenvalue weighted by molar-refractivity contribution is 7.09. The number of carbonyl (C=O) groups excluding carboxylic acids is 2. The quantitative estimate of drug-likeness (QED) is 0.459. The number of piperazine rings is 1. The molecule has 1 N–H and O–H groups in total. The Morgan fingerprint density at radius 1 is 1.06 bits per heavy atom.